The molecule has 3 nitrogen and oxygen atoms in total. The molecule has 5 heteroatoms. The molecular formula is C16H15F2NO2. The number of carboxylic acid groups (broad SMARTS) is 1. The second kappa shape index (κ2) is 5.91. The number of aromatic carboxylic acids is 1. The van der Waals surface area contributed by atoms with Gasteiger partial charge in [0.05, 0.1) is 5.56 Å². The van der Waals surface area contributed by atoms with E-state index in [2.05, 4.69) is 5.32 Å². The van der Waals surface area contributed by atoms with Gasteiger partial charge in [-0.25, -0.2) is 13.6 Å². The summed E-state index contributed by atoms with van der Waals surface area (Å²) in [4.78, 5) is 10.9. The van der Waals surface area contributed by atoms with Crippen LogP contribution in [0.1, 0.15) is 34.5 Å². The number of aryl methyl sites for hydroxylation is 1. The third kappa shape index (κ3) is 3.37. The maximum atomic E-state index is 13.2. The Morgan fingerprint density at radius 2 is 1.86 bits per heavy atom. The van der Waals surface area contributed by atoms with E-state index in [1.807, 2.05) is 6.92 Å². The van der Waals surface area contributed by atoms with Crippen LogP contribution in [-0.4, -0.2) is 11.1 Å². The van der Waals surface area contributed by atoms with Crippen molar-refractivity contribution in [2.45, 2.75) is 19.9 Å². The molecule has 0 saturated carbocycles. The Kier molecular flexibility index (Phi) is 4.21. The quantitative estimate of drug-likeness (QED) is 0.890. The summed E-state index contributed by atoms with van der Waals surface area (Å²) in [6.45, 7) is 3.60. The maximum absolute atomic E-state index is 13.2. The molecule has 0 fully saturated rings. The molecule has 0 spiro atoms. The molecule has 110 valence electrons. The molecular weight excluding hydrogens is 276 g/mol. The summed E-state index contributed by atoms with van der Waals surface area (Å²) >= 11 is 0. The van der Waals surface area contributed by atoms with E-state index in [1.165, 1.54) is 12.1 Å². The average molecular weight is 291 g/mol. The van der Waals surface area contributed by atoms with Gasteiger partial charge in [-0.05, 0) is 55.3 Å². The number of anilines is 1. The summed E-state index contributed by atoms with van der Waals surface area (Å²) < 4.78 is 26.2. The van der Waals surface area contributed by atoms with Gasteiger partial charge in [-0.1, -0.05) is 6.07 Å². The third-order valence-corrected chi connectivity index (χ3v) is 3.29. The summed E-state index contributed by atoms with van der Waals surface area (Å²) in [5.74, 6) is -2.76. The van der Waals surface area contributed by atoms with Crippen LogP contribution in [0.2, 0.25) is 0 Å². The van der Waals surface area contributed by atoms with Crippen molar-refractivity contribution in [3.8, 4) is 0 Å². The number of carbonyl (C=O) groups is 1. The Hall–Kier alpha value is -2.43. The number of hydrogen-bond acceptors (Lipinski definition) is 2. The lowest BCUT2D eigenvalue weighted by Crippen LogP contribution is -2.09. The number of halogens is 2. The number of rotatable bonds is 4. The largest absolute Gasteiger partial charge is 0.478 e. The second-order valence-corrected chi connectivity index (χ2v) is 4.87. The van der Waals surface area contributed by atoms with E-state index in [4.69, 9.17) is 5.11 Å². The third-order valence-electron chi connectivity index (χ3n) is 3.29. The first-order valence-electron chi connectivity index (χ1n) is 6.44. The molecule has 0 bridgehead atoms. The van der Waals surface area contributed by atoms with Crippen molar-refractivity contribution in [2.24, 2.45) is 0 Å². The predicted octanol–water partition coefficient (Wildman–Crippen LogP) is 4.14. The topological polar surface area (TPSA) is 49.3 Å². The second-order valence-electron chi connectivity index (χ2n) is 4.87. The van der Waals surface area contributed by atoms with Crippen LogP contribution in [0.25, 0.3) is 0 Å². The van der Waals surface area contributed by atoms with E-state index in [0.29, 0.717) is 5.56 Å². The van der Waals surface area contributed by atoms with Gasteiger partial charge in [0.25, 0.3) is 0 Å². The van der Waals surface area contributed by atoms with E-state index in [9.17, 15) is 13.6 Å². The number of nitrogens with one attached hydrogen (secondary N) is 1. The molecule has 0 saturated heterocycles. The molecule has 2 aromatic carbocycles. The highest BCUT2D eigenvalue weighted by Crippen LogP contribution is 2.24. The Morgan fingerprint density at radius 3 is 2.43 bits per heavy atom. The lowest BCUT2D eigenvalue weighted by atomic mass is 10.1. The van der Waals surface area contributed by atoms with Gasteiger partial charge in [-0.3, -0.25) is 0 Å². The van der Waals surface area contributed by atoms with E-state index >= 15 is 0 Å². The molecule has 0 amide bonds. The zero-order valence-corrected chi connectivity index (χ0v) is 11.7. The lowest BCUT2D eigenvalue weighted by molar-refractivity contribution is 0.0697. The molecule has 2 rings (SSSR count). The predicted molar refractivity (Wildman–Crippen MR) is 76.5 cm³/mol. The molecule has 0 radical (unpaired) electrons. The van der Waals surface area contributed by atoms with Crippen LogP contribution in [0.5, 0.6) is 0 Å². The van der Waals surface area contributed by atoms with Crippen LogP contribution in [0, 0.1) is 18.6 Å². The fraction of sp³-hybridized carbons (Fsp3) is 0.188. The van der Waals surface area contributed by atoms with Crippen molar-refractivity contribution >= 4 is 11.7 Å². The molecule has 2 N–H and O–H groups in total. The summed E-state index contributed by atoms with van der Waals surface area (Å²) in [5.41, 5.74) is 2.33. The number of hydrogen-bond donors (Lipinski definition) is 2. The van der Waals surface area contributed by atoms with Gasteiger partial charge in [0.2, 0.25) is 0 Å². The SMILES string of the molecule is Cc1cc(C(=O)O)ccc1NC(C)c1ccc(F)c(F)c1. The molecule has 1 unspecified atom stereocenters. The van der Waals surface area contributed by atoms with Gasteiger partial charge in [0.15, 0.2) is 11.6 Å². The van der Waals surface area contributed by atoms with Crippen molar-refractivity contribution in [3.63, 3.8) is 0 Å². The highest BCUT2D eigenvalue weighted by Gasteiger charge is 2.11. The Balaban J connectivity index is 2.21. The van der Waals surface area contributed by atoms with Crippen LogP contribution < -0.4 is 5.32 Å². The Morgan fingerprint density at radius 1 is 1.14 bits per heavy atom. The summed E-state index contributed by atoms with van der Waals surface area (Å²) in [7, 11) is 0. The molecule has 0 aliphatic carbocycles. The smallest absolute Gasteiger partial charge is 0.335 e. The zero-order valence-electron chi connectivity index (χ0n) is 11.7. The van der Waals surface area contributed by atoms with Crippen molar-refractivity contribution in [1.82, 2.24) is 0 Å². The van der Waals surface area contributed by atoms with Gasteiger partial charge < -0.3 is 10.4 Å². The van der Waals surface area contributed by atoms with Crippen LogP contribution >= 0.6 is 0 Å². The van der Waals surface area contributed by atoms with E-state index in [-0.39, 0.29) is 11.6 Å². The first-order chi connectivity index (χ1) is 9.88. The molecule has 0 heterocycles. The number of benzene rings is 2. The van der Waals surface area contributed by atoms with Gasteiger partial charge in [-0.2, -0.15) is 0 Å². The summed E-state index contributed by atoms with van der Waals surface area (Å²) in [6, 6.07) is 8.22. The number of carboxylic acids is 1. The Bertz CT molecular complexity index is 686. The molecule has 2 aromatic rings. The monoisotopic (exact) mass is 291 g/mol. The summed E-state index contributed by atoms with van der Waals surface area (Å²) in [6.07, 6.45) is 0. The van der Waals surface area contributed by atoms with Crippen molar-refractivity contribution < 1.29 is 18.7 Å². The highest BCUT2D eigenvalue weighted by molar-refractivity contribution is 5.88. The highest BCUT2D eigenvalue weighted by atomic mass is 19.2. The van der Waals surface area contributed by atoms with E-state index < -0.39 is 17.6 Å². The molecule has 0 aromatic heterocycles. The van der Waals surface area contributed by atoms with Gasteiger partial charge in [-0.15, -0.1) is 0 Å². The maximum Gasteiger partial charge on any atom is 0.335 e. The normalized spacial score (nSPS) is 12.0. The fourth-order valence-electron chi connectivity index (χ4n) is 2.06. The minimum Gasteiger partial charge on any atom is -0.478 e. The van der Waals surface area contributed by atoms with Crippen LogP contribution in [0.3, 0.4) is 0 Å². The summed E-state index contributed by atoms with van der Waals surface area (Å²) in [5, 5.41) is 12.1. The van der Waals surface area contributed by atoms with Crippen LogP contribution in [0.15, 0.2) is 36.4 Å². The van der Waals surface area contributed by atoms with Crippen molar-refractivity contribution in [2.75, 3.05) is 5.32 Å². The van der Waals surface area contributed by atoms with E-state index in [1.54, 1.807) is 19.1 Å². The minimum atomic E-state index is -0.988. The van der Waals surface area contributed by atoms with Crippen LogP contribution in [-0.2, 0) is 0 Å². The molecule has 1 atom stereocenters. The molecule has 0 aliphatic heterocycles. The fourth-order valence-corrected chi connectivity index (χ4v) is 2.06. The Labute approximate surface area is 121 Å². The molecule has 21 heavy (non-hydrogen) atoms. The zero-order chi connectivity index (χ0) is 15.6. The van der Waals surface area contributed by atoms with Gasteiger partial charge >= 0.3 is 5.97 Å². The first kappa shape index (κ1) is 15.0. The first-order valence-corrected chi connectivity index (χ1v) is 6.44. The van der Waals surface area contributed by atoms with Crippen molar-refractivity contribution in [3.05, 3.63) is 64.7 Å². The minimum absolute atomic E-state index is 0.207. The van der Waals surface area contributed by atoms with Gasteiger partial charge in [0, 0.05) is 11.7 Å². The lowest BCUT2D eigenvalue weighted by Gasteiger charge is -2.18. The molecule has 0 aliphatic rings. The van der Waals surface area contributed by atoms with Gasteiger partial charge in [0.1, 0.15) is 0 Å². The van der Waals surface area contributed by atoms with Crippen LogP contribution in [0.4, 0.5) is 14.5 Å². The standard InChI is InChI=1S/C16H15F2NO2/c1-9-7-12(16(20)21)4-6-15(9)19-10(2)11-3-5-13(17)14(18)8-11/h3-8,10,19H,1-2H3,(H,20,21). The average Bonchev–Trinajstić information content (AvgIpc) is 2.43. The van der Waals surface area contributed by atoms with E-state index in [0.717, 1.165) is 23.4 Å². The van der Waals surface area contributed by atoms with Crippen molar-refractivity contribution in [1.29, 1.82) is 0 Å².